The van der Waals surface area contributed by atoms with Crippen molar-refractivity contribution in [2.24, 2.45) is 5.41 Å². The number of carbonyl (C=O) groups excluding carboxylic acids is 2. The van der Waals surface area contributed by atoms with Gasteiger partial charge in [0, 0.05) is 25.9 Å². The van der Waals surface area contributed by atoms with E-state index >= 15 is 0 Å². The molecule has 176 valence electrons. The highest BCUT2D eigenvalue weighted by atomic mass is 16.5. The van der Waals surface area contributed by atoms with Crippen molar-refractivity contribution in [1.29, 1.82) is 0 Å². The third-order valence-electron chi connectivity index (χ3n) is 5.98. The lowest BCUT2D eigenvalue weighted by atomic mass is 9.86. The Morgan fingerprint density at radius 3 is 2.09 bits per heavy atom. The van der Waals surface area contributed by atoms with Crippen LogP contribution in [0.4, 0.5) is 4.79 Å². The number of amides is 2. The number of hydrogen-bond donors (Lipinski definition) is 2. The quantitative estimate of drug-likeness (QED) is 0.624. The molecule has 0 heterocycles. The van der Waals surface area contributed by atoms with Gasteiger partial charge >= 0.3 is 12.1 Å². The molecule has 1 atom stereocenters. The molecule has 0 radical (unpaired) electrons. The van der Waals surface area contributed by atoms with Gasteiger partial charge in [-0.2, -0.15) is 0 Å². The summed E-state index contributed by atoms with van der Waals surface area (Å²) in [5.41, 5.74) is 3.98. The monoisotopic (exact) mass is 452 g/mol. The van der Waals surface area contributed by atoms with Crippen LogP contribution in [0, 0.1) is 5.41 Å². The highest BCUT2D eigenvalue weighted by Crippen LogP contribution is 2.44. The summed E-state index contributed by atoms with van der Waals surface area (Å²) in [7, 11) is 1.61. The summed E-state index contributed by atoms with van der Waals surface area (Å²) in [5.74, 6) is -1.24. The zero-order valence-corrected chi connectivity index (χ0v) is 19.6. The summed E-state index contributed by atoms with van der Waals surface area (Å²) < 4.78 is 5.61. The summed E-state index contributed by atoms with van der Waals surface area (Å²) in [6.45, 7) is 6.06. The minimum absolute atomic E-state index is 0.0163. The van der Waals surface area contributed by atoms with Gasteiger partial charge in [-0.05, 0) is 34.1 Å². The molecule has 7 nitrogen and oxygen atoms in total. The molecular weight excluding hydrogens is 420 g/mol. The van der Waals surface area contributed by atoms with Crippen LogP contribution in [0.25, 0.3) is 11.1 Å². The van der Waals surface area contributed by atoms with E-state index in [0.717, 1.165) is 22.3 Å². The van der Waals surface area contributed by atoms with Gasteiger partial charge in [-0.25, -0.2) is 4.79 Å². The standard InChI is InChI=1S/C26H32N2O5/c1-26(2,3)23(24(31)28(4)15-9-14-22(29)30)27-25(32)33-16-21-19-12-7-5-10-17(19)18-11-6-8-13-20(18)21/h5-8,10-13,21,23H,9,14-16H2,1-4H3,(H,27,32)(H,29,30). The highest BCUT2D eigenvalue weighted by Gasteiger charge is 2.36. The minimum atomic E-state index is -0.903. The van der Waals surface area contributed by atoms with E-state index in [0.29, 0.717) is 13.0 Å². The number of nitrogens with zero attached hydrogens (tertiary/aromatic N) is 1. The van der Waals surface area contributed by atoms with Crippen molar-refractivity contribution in [2.45, 2.75) is 45.6 Å². The molecule has 1 aliphatic carbocycles. The van der Waals surface area contributed by atoms with Gasteiger partial charge in [0.1, 0.15) is 12.6 Å². The first-order valence-electron chi connectivity index (χ1n) is 11.2. The molecule has 33 heavy (non-hydrogen) atoms. The number of ether oxygens (including phenoxy) is 1. The molecule has 1 aliphatic rings. The lowest BCUT2D eigenvalue weighted by Gasteiger charge is -2.33. The van der Waals surface area contributed by atoms with Crippen LogP contribution in [-0.4, -0.2) is 54.2 Å². The first kappa shape index (κ1) is 24.3. The zero-order chi connectivity index (χ0) is 24.2. The Kier molecular flexibility index (Phi) is 7.41. The lowest BCUT2D eigenvalue weighted by Crippen LogP contribution is -2.54. The molecule has 2 aromatic rings. The molecule has 2 aromatic carbocycles. The van der Waals surface area contributed by atoms with Crippen molar-refractivity contribution < 1.29 is 24.2 Å². The second-order valence-corrected chi connectivity index (χ2v) is 9.53. The first-order chi connectivity index (χ1) is 15.6. The van der Waals surface area contributed by atoms with Crippen molar-refractivity contribution in [3.63, 3.8) is 0 Å². The fourth-order valence-corrected chi connectivity index (χ4v) is 4.20. The zero-order valence-electron chi connectivity index (χ0n) is 19.6. The van der Waals surface area contributed by atoms with Gasteiger partial charge in [0.05, 0.1) is 0 Å². The van der Waals surface area contributed by atoms with E-state index in [4.69, 9.17) is 9.84 Å². The Bertz CT molecular complexity index is 982. The van der Waals surface area contributed by atoms with E-state index in [1.165, 1.54) is 4.90 Å². The molecule has 2 N–H and O–H groups in total. The third kappa shape index (κ3) is 5.72. The molecular formula is C26H32N2O5. The summed E-state index contributed by atoms with van der Waals surface area (Å²) in [6.07, 6.45) is -0.319. The van der Waals surface area contributed by atoms with E-state index < -0.39 is 23.5 Å². The molecule has 1 unspecified atom stereocenters. The number of aliphatic carboxylic acids is 1. The molecule has 0 saturated carbocycles. The summed E-state index contributed by atoms with van der Waals surface area (Å²) in [5, 5.41) is 11.6. The molecule has 2 amide bonds. The molecule has 0 fully saturated rings. The van der Waals surface area contributed by atoms with Gasteiger partial charge in [0.15, 0.2) is 0 Å². The molecule has 0 bridgehead atoms. The Morgan fingerprint density at radius 2 is 1.58 bits per heavy atom. The van der Waals surface area contributed by atoms with Crippen LogP contribution in [0.3, 0.4) is 0 Å². The van der Waals surface area contributed by atoms with E-state index in [-0.39, 0.29) is 24.9 Å². The summed E-state index contributed by atoms with van der Waals surface area (Å²) in [6, 6.07) is 15.4. The highest BCUT2D eigenvalue weighted by molar-refractivity contribution is 5.86. The number of likely N-dealkylation sites (N-methyl/N-ethyl adjacent to an activating group) is 1. The minimum Gasteiger partial charge on any atom is -0.481 e. The van der Waals surface area contributed by atoms with Crippen molar-refractivity contribution in [3.8, 4) is 11.1 Å². The van der Waals surface area contributed by atoms with E-state index in [1.807, 2.05) is 45.0 Å². The maximum atomic E-state index is 13.0. The Hall–Kier alpha value is -3.35. The predicted molar refractivity (Wildman–Crippen MR) is 126 cm³/mol. The number of carboxylic acid groups (broad SMARTS) is 1. The third-order valence-corrected chi connectivity index (χ3v) is 5.98. The van der Waals surface area contributed by atoms with Crippen molar-refractivity contribution in [1.82, 2.24) is 10.2 Å². The molecule has 7 heteroatoms. The number of fused-ring (bicyclic) bond motifs is 3. The second kappa shape index (κ2) is 10.1. The number of nitrogens with one attached hydrogen (secondary N) is 1. The molecule has 0 spiro atoms. The van der Waals surface area contributed by atoms with Crippen LogP contribution in [-0.2, 0) is 14.3 Å². The number of alkyl carbamates (subject to hydrolysis) is 1. The predicted octanol–water partition coefficient (Wildman–Crippen LogP) is 4.26. The fourth-order valence-electron chi connectivity index (χ4n) is 4.20. The van der Waals surface area contributed by atoms with Crippen LogP contribution in [0.2, 0.25) is 0 Å². The van der Waals surface area contributed by atoms with Gasteiger partial charge in [0.25, 0.3) is 0 Å². The van der Waals surface area contributed by atoms with Crippen LogP contribution in [0.5, 0.6) is 0 Å². The summed E-state index contributed by atoms with van der Waals surface area (Å²) >= 11 is 0. The molecule has 0 aromatic heterocycles. The first-order valence-corrected chi connectivity index (χ1v) is 11.2. The second-order valence-electron chi connectivity index (χ2n) is 9.53. The summed E-state index contributed by atoms with van der Waals surface area (Å²) in [4.78, 5) is 37.9. The average Bonchev–Trinajstić information content (AvgIpc) is 3.08. The molecule has 3 rings (SSSR count). The van der Waals surface area contributed by atoms with E-state index in [9.17, 15) is 14.4 Å². The van der Waals surface area contributed by atoms with Gasteiger partial charge < -0.3 is 20.1 Å². The van der Waals surface area contributed by atoms with Gasteiger partial charge in [-0.1, -0.05) is 69.3 Å². The van der Waals surface area contributed by atoms with Gasteiger partial charge in [-0.15, -0.1) is 0 Å². The number of hydrogen-bond acceptors (Lipinski definition) is 4. The fraction of sp³-hybridized carbons (Fsp3) is 0.423. The van der Waals surface area contributed by atoms with E-state index in [2.05, 4.69) is 29.6 Å². The molecule has 0 aliphatic heterocycles. The topological polar surface area (TPSA) is 95.9 Å². The lowest BCUT2D eigenvalue weighted by molar-refractivity contribution is -0.138. The number of rotatable bonds is 8. The Labute approximate surface area is 194 Å². The number of benzene rings is 2. The largest absolute Gasteiger partial charge is 0.481 e. The Morgan fingerprint density at radius 1 is 1.03 bits per heavy atom. The van der Waals surface area contributed by atoms with E-state index in [1.54, 1.807) is 7.05 Å². The maximum absolute atomic E-state index is 13.0. The molecule has 0 saturated heterocycles. The van der Waals surface area contributed by atoms with Crippen LogP contribution in [0.15, 0.2) is 48.5 Å². The normalized spacial score (nSPS) is 13.6. The van der Waals surface area contributed by atoms with Gasteiger partial charge in [0.2, 0.25) is 5.91 Å². The Balaban J connectivity index is 1.66. The number of carboxylic acids is 1. The van der Waals surface area contributed by atoms with Crippen LogP contribution in [0.1, 0.15) is 50.7 Å². The van der Waals surface area contributed by atoms with Crippen molar-refractivity contribution in [2.75, 3.05) is 20.2 Å². The maximum Gasteiger partial charge on any atom is 0.407 e. The van der Waals surface area contributed by atoms with Crippen LogP contribution < -0.4 is 5.32 Å². The average molecular weight is 453 g/mol. The van der Waals surface area contributed by atoms with Gasteiger partial charge in [-0.3, -0.25) is 9.59 Å². The SMILES string of the molecule is CN(CCCC(=O)O)C(=O)C(NC(=O)OCC1c2ccccc2-c2ccccc21)C(C)(C)C. The number of carbonyl (C=O) groups is 3. The van der Waals surface area contributed by atoms with Crippen molar-refractivity contribution >= 4 is 18.0 Å². The van der Waals surface area contributed by atoms with Crippen molar-refractivity contribution in [3.05, 3.63) is 59.7 Å². The smallest absolute Gasteiger partial charge is 0.407 e. The van der Waals surface area contributed by atoms with Crippen LogP contribution >= 0.6 is 0 Å².